The predicted molar refractivity (Wildman–Crippen MR) is 96.8 cm³/mol. The largest absolute Gasteiger partial charge is 0.372 e. The number of hydrogen-bond donors (Lipinski definition) is 1. The Balaban J connectivity index is 1.47. The molecule has 1 aromatic heterocycles. The number of benzene rings is 1. The first kappa shape index (κ1) is 17.7. The molecule has 2 amide bonds. The van der Waals surface area contributed by atoms with Gasteiger partial charge in [-0.05, 0) is 31.2 Å². The minimum absolute atomic E-state index is 0.0382. The number of aryl methyl sites for hydroxylation is 1. The molecule has 0 spiro atoms. The van der Waals surface area contributed by atoms with Crippen LogP contribution in [0, 0.1) is 18.6 Å². The molecule has 2 aromatic rings. The zero-order valence-corrected chi connectivity index (χ0v) is 14.9. The number of urea groups is 1. The third kappa shape index (κ3) is 3.57. The highest BCUT2D eigenvalue weighted by Crippen LogP contribution is 2.28. The number of fused-ring (bicyclic) bond motifs is 1. The van der Waals surface area contributed by atoms with E-state index in [1.807, 2.05) is 19.1 Å². The van der Waals surface area contributed by atoms with Gasteiger partial charge in [-0.2, -0.15) is 0 Å². The van der Waals surface area contributed by atoms with Crippen LogP contribution in [-0.2, 0) is 4.74 Å². The number of carbonyl (C=O) groups excluding carboxylic acids is 1. The molecule has 2 saturated heterocycles. The van der Waals surface area contributed by atoms with Gasteiger partial charge in [0.05, 0.1) is 25.3 Å². The lowest BCUT2D eigenvalue weighted by Gasteiger charge is -2.38. The van der Waals surface area contributed by atoms with Gasteiger partial charge < -0.3 is 19.9 Å². The van der Waals surface area contributed by atoms with Crippen LogP contribution >= 0.6 is 0 Å². The van der Waals surface area contributed by atoms with Gasteiger partial charge in [0.15, 0.2) is 11.6 Å². The number of halogens is 2. The van der Waals surface area contributed by atoms with Gasteiger partial charge in [0, 0.05) is 42.4 Å². The fourth-order valence-electron chi connectivity index (χ4n) is 3.66. The first-order valence-electron chi connectivity index (χ1n) is 8.83. The number of likely N-dealkylation sites (tertiary alicyclic amines) is 1. The molecule has 2 fully saturated rings. The lowest BCUT2D eigenvalue weighted by molar-refractivity contribution is 0.0322. The number of aromatic nitrogens is 1. The van der Waals surface area contributed by atoms with Crippen LogP contribution in [0.3, 0.4) is 0 Å². The lowest BCUT2D eigenvalue weighted by atomic mass is 10.1. The third-order valence-corrected chi connectivity index (χ3v) is 4.97. The van der Waals surface area contributed by atoms with Crippen molar-refractivity contribution < 1.29 is 18.3 Å². The summed E-state index contributed by atoms with van der Waals surface area (Å²) in [6.45, 7) is 4.20. The zero-order chi connectivity index (χ0) is 19.0. The minimum atomic E-state index is -0.995. The van der Waals surface area contributed by atoms with Crippen molar-refractivity contribution in [3.05, 3.63) is 53.9 Å². The van der Waals surface area contributed by atoms with Crippen molar-refractivity contribution in [3.8, 4) is 0 Å². The number of nitrogens with one attached hydrogen (secondary N) is 1. The van der Waals surface area contributed by atoms with E-state index in [4.69, 9.17) is 4.74 Å². The smallest absolute Gasteiger partial charge is 0.322 e. The summed E-state index contributed by atoms with van der Waals surface area (Å²) in [5.41, 5.74) is 2.21. The lowest BCUT2D eigenvalue weighted by Crippen LogP contribution is -2.51. The summed E-state index contributed by atoms with van der Waals surface area (Å²) in [6.07, 6.45) is 1.68. The number of rotatable bonds is 2. The van der Waals surface area contributed by atoms with Crippen LogP contribution in [0.4, 0.5) is 25.0 Å². The maximum Gasteiger partial charge on any atom is 0.322 e. The molecule has 142 valence electrons. The van der Waals surface area contributed by atoms with Crippen LogP contribution < -0.4 is 10.2 Å². The Morgan fingerprint density at radius 1 is 1.22 bits per heavy atom. The summed E-state index contributed by atoms with van der Waals surface area (Å²) in [5.74, 6) is -1.94. The Hall–Kier alpha value is -2.74. The Morgan fingerprint density at radius 3 is 2.85 bits per heavy atom. The van der Waals surface area contributed by atoms with Crippen LogP contribution in [0.15, 0.2) is 36.5 Å². The summed E-state index contributed by atoms with van der Waals surface area (Å²) >= 11 is 0. The highest BCUT2D eigenvalue weighted by Gasteiger charge is 2.42. The highest BCUT2D eigenvalue weighted by molar-refractivity contribution is 5.89. The van der Waals surface area contributed by atoms with E-state index in [-0.39, 0.29) is 23.9 Å². The van der Waals surface area contributed by atoms with Crippen LogP contribution in [0.2, 0.25) is 0 Å². The topological polar surface area (TPSA) is 57.7 Å². The van der Waals surface area contributed by atoms with Gasteiger partial charge in [-0.1, -0.05) is 0 Å². The first-order valence-corrected chi connectivity index (χ1v) is 8.83. The van der Waals surface area contributed by atoms with Crippen molar-refractivity contribution in [1.29, 1.82) is 0 Å². The summed E-state index contributed by atoms with van der Waals surface area (Å²) in [7, 11) is 0. The summed E-state index contributed by atoms with van der Waals surface area (Å²) in [4.78, 5) is 20.7. The van der Waals surface area contributed by atoms with E-state index >= 15 is 0 Å². The fraction of sp³-hybridized carbons (Fsp3) is 0.368. The molecule has 6 nitrogen and oxygen atoms in total. The molecule has 4 rings (SSSR count). The number of hydrogen-bond acceptors (Lipinski definition) is 4. The fourth-order valence-corrected chi connectivity index (χ4v) is 3.66. The molecule has 2 aliphatic rings. The number of pyridine rings is 1. The van der Waals surface area contributed by atoms with Crippen molar-refractivity contribution in [3.63, 3.8) is 0 Å². The molecule has 0 aliphatic carbocycles. The van der Waals surface area contributed by atoms with Gasteiger partial charge in [-0.3, -0.25) is 4.98 Å². The van der Waals surface area contributed by atoms with Crippen molar-refractivity contribution >= 4 is 17.4 Å². The average molecular weight is 374 g/mol. The van der Waals surface area contributed by atoms with E-state index in [9.17, 15) is 13.6 Å². The SMILES string of the molecule is Cc1cc(N2CCO[C@H]3CN(C(=O)Nc4ccc(F)c(F)c4)C[C@@H]32)ccn1. The summed E-state index contributed by atoms with van der Waals surface area (Å²) in [5, 5.41) is 2.62. The van der Waals surface area contributed by atoms with Crippen molar-refractivity contribution in [2.75, 3.05) is 36.5 Å². The summed E-state index contributed by atoms with van der Waals surface area (Å²) in [6, 6.07) is 6.96. The molecule has 3 heterocycles. The molecule has 27 heavy (non-hydrogen) atoms. The number of ether oxygens (including phenoxy) is 1. The zero-order valence-electron chi connectivity index (χ0n) is 14.9. The molecular weight excluding hydrogens is 354 g/mol. The molecule has 8 heteroatoms. The Labute approximate surface area is 155 Å². The number of nitrogens with zero attached hydrogens (tertiary/aromatic N) is 3. The number of carbonyl (C=O) groups is 1. The Kier molecular flexibility index (Phi) is 4.65. The van der Waals surface area contributed by atoms with Crippen LogP contribution in [0.1, 0.15) is 5.69 Å². The predicted octanol–water partition coefficient (Wildman–Crippen LogP) is 2.79. The van der Waals surface area contributed by atoms with Gasteiger partial charge >= 0.3 is 6.03 Å². The molecule has 0 unspecified atom stereocenters. The summed E-state index contributed by atoms with van der Waals surface area (Å²) < 4.78 is 32.3. The molecule has 0 saturated carbocycles. The molecule has 2 aliphatic heterocycles. The number of amides is 2. The Bertz CT molecular complexity index is 863. The first-order chi connectivity index (χ1) is 13.0. The standard InChI is InChI=1S/C19H20F2N4O2/c1-12-8-14(4-5-22-12)25-6-7-27-18-11-24(10-17(18)25)19(26)23-13-2-3-15(20)16(21)9-13/h2-5,8-9,17-18H,6-7,10-11H2,1H3,(H,23,26)/t17-,18-/m0/s1. The van der Waals surface area contributed by atoms with E-state index < -0.39 is 11.6 Å². The second-order valence-corrected chi connectivity index (χ2v) is 6.79. The number of anilines is 2. The van der Waals surface area contributed by atoms with E-state index in [2.05, 4.69) is 15.2 Å². The second kappa shape index (κ2) is 7.11. The monoisotopic (exact) mass is 374 g/mol. The van der Waals surface area contributed by atoms with Crippen molar-refractivity contribution in [2.24, 2.45) is 0 Å². The van der Waals surface area contributed by atoms with Gasteiger partial charge in [-0.15, -0.1) is 0 Å². The normalized spacial score (nSPS) is 21.9. The van der Waals surface area contributed by atoms with Gasteiger partial charge in [-0.25, -0.2) is 13.6 Å². The third-order valence-electron chi connectivity index (χ3n) is 4.97. The van der Waals surface area contributed by atoms with E-state index in [1.165, 1.54) is 6.07 Å². The molecule has 2 atom stereocenters. The van der Waals surface area contributed by atoms with E-state index in [0.717, 1.165) is 30.1 Å². The molecule has 0 radical (unpaired) electrons. The van der Waals surface area contributed by atoms with Crippen LogP contribution in [0.25, 0.3) is 0 Å². The van der Waals surface area contributed by atoms with Crippen LogP contribution in [-0.4, -0.2) is 54.3 Å². The molecular formula is C19H20F2N4O2. The maximum absolute atomic E-state index is 13.3. The van der Waals surface area contributed by atoms with Gasteiger partial charge in [0.2, 0.25) is 0 Å². The second-order valence-electron chi connectivity index (χ2n) is 6.79. The quantitative estimate of drug-likeness (QED) is 0.878. The highest BCUT2D eigenvalue weighted by atomic mass is 19.2. The molecule has 1 aromatic carbocycles. The molecule has 1 N–H and O–H groups in total. The van der Waals surface area contributed by atoms with Gasteiger partial charge in [0.25, 0.3) is 0 Å². The Morgan fingerprint density at radius 2 is 2.07 bits per heavy atom. The van der Waals surface area contributed by atoms with Crippen molar-refractivity contribution in [1.82, 2.24) is 9.88 Å². The number of morpholine rings is 1. The van der Waals surface area contributed by atoms with Gasteiger partial charge in [0.1, 0.15) is 0 Å². The minimum Gasteiger partial charge on any atom is -0.372 e. The molecule has 0 bridgehead atoms. The maximum atomic E-state index is 13.3. The average Bonchev–Trinajstić information content (AvgIpc) is 3.09. The van der Waals surface area contributed by atoms with Crippen molar-refractivity contribution in [2.45, 2.75) is 19.1 Å². The van der Waals surface area contributed by atoms with E-state index in [1.54, 1.807) is 11.1 Å². The van der Waals surface area contributed by atoms with E-state index in [0.29, 0.717) is 19.7 Å². The van der Waals surface area contributed by atoms with Crippen LogP contribution in [0.5, 0.6) is 0 Å².